The van der Waals surface area contributed by atoms with Crippen molar-refractivity contribution in [2.24, 2.45) is 4.99 Å². The average molecular weight is 375 g/mol. The predicted molar refractivity (Wildman–Crippen MR) is 89.1 cm³/mol. The van der Waals surface area contributed by atoms with Gasteiger partial charge in [-0.2, -0.15) is 0 Å². The molecule has 0 fully saturated rings. The Balaban J connectivity index is 0.00000180. The van der Waals surface area contributed by atoms with Crippen molar-refractivity contribution < 1.29 is 4.42 Å². The van der Waals surface area contributed by atoms with E-state index in [9.17, 15) is 0 Å². The van der Waals surface area contributed by atoms with Crippen molar-refractivity contribution in [2.75, 3.05) is 13.1 Å². The van der Waals surface area contributed by atoms with E-state index in [1.807, 2.05) is 12.1 Å². The van der Waals surface area contributed by atoms with Crippen LogP contribution in [-0.2, 0) is 6.42 Å². The van der Waals surface area contributed by atoms with Crippen molar-refractivity contribution >= 4 is 29.9 Å². The van der Waals surface area contributed by atoms with E-state index in [1.54, 1.807) is 6.26 Å². The fraction of sp³-hybridized carbons (Fsp3) is 0.500. The topological polar surface area (TPSA) is 49.6 Å². The van der Waals surface area contributed by atoms with Gasteiger partial charge in [0, 0.05) is 25.6 Å². The van der Waals surface area contributed by atoms with E-state index >= 15 is 0 Å². The quantitative estimate of drug-likeness (QED) is 0.360. The highest BCUT2D eigenvalue weighted by Crippen LogP contribution is 2.08. The van der Waals surface area contributed by atoms with E-state index in [-0.39, 0.29) is 24.0 Å². The molecule has 0 amide bonds. The van der Waals surface area contributed by atoms with Crippen molar-refractivity contribution in [3.63, 3.8) is 0 Å². The molecule has 1 aliphatic carbocycles. The largest absolute Gasteiger partial charge is 0.469 e. The summed E-state index contributed by atoms with van der Waals surface area (Å²) in [5, 5.41) is 6.71. The fourth-order valence-corrected chi connectivity index (χ4v) is 1.98. The Morgan fingerprint density at radius 1 is 1.42 bits per heavy atom. The highest BCUT2D eigenvalue weighted by atomic mass is 127. The van der Waals surface area contributed by atoms with Gasteiger partial charge in [0.25, 0.3) is 0 Å². The summed E-state index contributed by atoms with van der Waals surface area (Å²) in [6.07, 6.45) is 9.14. The first-order valence-electron chi connectivity index (χ1n) is 6.60. The van der Waals surface area contributed by atoms with Crippen LogP contribution in [0.2, 0.25) is 0 Å². The lowest BCUT2D eigenvalue weighted by Crippen LogP contribution is -2.42. The van der Waals surface area contributed by atoms with Gasteiger partial charge in [0.05, 0.1) is 6.26 Å². The van der Waals surface area contributed by atoms with Gasteiger partial charge in [-0.25, -0.2) is 0 Å². The second-order valence-corrected chi connectivity index (χ2v) is 4.37. The average Bonchev–Trinajstić information content (AvgIpc) is 3.02. The Labute approximate surface area is 131 Å². The van der Waals surface area contributed by atoms with Crippen molar-refractivity contribution in [3.05, 3.63) is 36.3 Å². The Morgan fingerprint density at radius 2 is 2.21 bits per heavy atom. The van der Waals surface area contributed by atoms with Gasteiger partial charge in [-0.15, -0.1) is 24.0 Å². The Morgan fingerprint density at radius 3 is 2.84 bits per heavy atom. The lowest BCUT2D eigenvalue weighted by molar-refractivity contribution is 0.510. The number of hydrogen-bond donors (Lipinski definition) is 2. The zero-order valence-electron chi connectivity index (χ0n) is 11.3. The minimum atomic E-state index is 0. The van der Waals surface area contributed by atoms with Crippen LogP contribution in [0.25, 0.3) is 0 Å². The summed E-state index contributed by atoms with van der Waals surface area (Å²) in [5.41, 5.74) is 0. The molecule has 1 aromatic rings. The maximum absolute atomic E-state index is 5.29. The third-order valence-corrected chi connectivity index (χ3v) is 2.90. The molecule has 2 rings (SSSR count). The molecule has 1 aromatic heterocycles. The van der Waals surface area contributed by atoms with Gasteiger partial charge < -0.3 is 15.1 Å². The number of nitrogens with one attached hydrogen (secondary N) is 2. The molecule has 5 heteroatoms. The van der Waals surface area contributed by atoms with Crippen molar-refractivity contribution in [2.45, 2.75) is 32.2 Å². The molecular weight excluding hydrogens is 353 g/mol. The first-order chi connectivity index (χ1) is 8.88. The van der Waals surface area contributed by atoms with E-state index in [0.717, 1.165) is 44.1 Å². The standard InChI is InChI=1S/C14H21N3O.HI/c1-2-15-14(17-12-6-3-4-7-12)16-10-9-13-8-5-11-18-13;/h3-5,8,11-12H,2,6-7,9-10H2,1H3,(H2,15,16,17);1H. The Hall–Kier alpha value is -0.980. The maximum atomic E-state index is 5.29. The van der Waals surface area contributed by atoms with Crippen LogP contribution in [0.5, 0.6) is 0 Å². The normalized spacial score (nSPS) is 15.3. The molecule has 0 aliphatic heterocycles. The van der Waals surface area contributed by atoms with E-state index in [0.29, 0.717) is 6.04 Å². The molecule has 106 valence electrons. The van der Waals surface area contributed by atoms with Crippen LogP contribution in [0.3, 0.4) is 0 Å². The molecule has 2 N–H and O–H groups in total. The fourth-order valence-electron chi connectivity index (χ4n) is 1.98. The minimum absolute atomic E-state index is 0. The molecule has 0 aromatic carbocycles. The second kappa shape index (κ2) is 9.01. The van der Waals surface area contributed by atoms with Crippen LogP contribution < -0.4 is 10.6 Å². The zero-order chi connectivity index (χ0) is 12.6. The molecule has 1 aliphatic rings. The van der Waals surface area contributed by atoms with Crippen LogP contribution in [0.1, 0.15) is 25.5 Å². The van der Waals surface area contributed by atoms with E-state index < -0.39 is 0 Å². The molecule has 0 atom stereocenters. The summed E-state index contributed by atoms with van der Waals surface area (Å²) < 4.78 is 5.29. The van der Waals surface area contributed by atoms with Crippen LogP contribution in [0.4, 0.5) is 0 Å². The summed E-state index contributed by atoms with van der Waals surface area (Å²) in [7, 11) is 0. The number of hydrogen-bond acceptors (Lipinski definition) is 2. The van der Waals surface area contributed by atoms with Crippen LogP contribution in [-0.4, -0.2) is 25.1 Å². The van der Waals surface area contributed by atoms with Gasteiger partial charge in [0.1, 0.15) is 5.76 Å². The lowest BCUT2D eigenvalue weighted by Gasteiger charge is -2.16. The van der Waals surface area contributed by atoms with Gasteiger partial charge >= 0.3 is 0 Å². The third kappa shape index (κ3) is 5.67. The van der Waals surface area contributed by atoms with Crippen LogP contribution in [0.15, 0.2) is 40.0 Å². The van der Waals surface area contributed by atoms with Gasteiger partial charge in [-0.05, 0) is 31.9 Å². The monoisotopic (exact) mass is 375 g/mol. The van der Waals surface area contributed by atoms with Crippen molar-refractivity contribution in [1.29, 1.82) is 0 Å². The number of aliphatic imine (C=N–C) groups is 1. The minimum Gasteiger partial charge on any atom is -0.469 e. The number of nitrogens with zero attached hydrogens (tertiary/aromatic N) is 1. The molecular formula is C14H22IN3O. The summed E-state index contributed by atoms with van der Waals surface area (Å²) in [4.78, 5) is 4.56. The molecule has 0 unspecified atom stereocenters. The SMILES string of the molecule is CCNC(=NCCc1ccco1)NC1CC=CC1.I. The molecule has 19 heavy (non-hydrogen) atoms. The third-order valence-electron chi connectivity index (χ3n) is 2.90. The molecule has 0 radical (unpaired) electrons. The molecule has 0 saturated carbocycles. The Kier molecular flexibility index (Phi) is 7.62. The van der Waals surface area contributed by atoms with Gasteiger partial charge in [0.2, 0.25) is 0 Å². The van der Waals surface area contributed by atoms with E-state index in [4.69, 9.17) is 4.42 Å². The van der Waals surface area contributed by atoms with E-state index in [2.05, 4.69) is 34.7 Å². The van der Waals surface area contributed by atoms with Gasteiger partial charge in [-0.1, -0.05) is 12.2 Å². The number of guanidine groups is 1. The Bertz CT molecular complexity index is 393. The molecule has 1 heterocycles. The summed E-state index contributed by atoms with van der Waals surface area (Å²) in [6, 6.07) is 4.38. The predicted octanol–water partition coefficient (Wildman–Crippen LogP) is 2.71. The smallest absolute Gasteiger partial charge is 0.191 e. The van der Waals surface area contributed by atoms with Crippen molar-refractivity contribution in [3.8, 4) is 0 Å². The summed E-state index contributed by atoms with van der Waals surface area (Å²) in [6.45, 7) is 3.70. The van der Waals surface area contributed by atoms with Crippen molar-refractivity contribution in [1.82, 2.24) is 10.6 Å². The summed E-state index contributed by atoms with van der Waals surface area (Å²) >= 11 is 0. The number of halogens is 1. The zero-order valence-corrected chi connectivity index (χ0v) is 13.6. The molecule has 4 nitrogen and oxygen atoms in total. The first kappa shape index (κ1) is 16.1. The first-order valence-corrected chi connectivity index (χ1v) is 6.60. The van der Waals surface area contributed by atoms with Crippen LogP contribution in [0, 0.1) is 0 Å². The van der Waals surface area contributed by atoms with E-state index in [1.165, 1.54) is 0 Å². The van der Waals surface area contributed by atoms with Gasteiger partial charge in [-0.3, -0.25) is 4.99 Å². The lowest BCUT2D eigenvalue weighted by atomic mass is 10.2. The highest BCUT2D eigenvalue weighted by molar-refractivity contribution is 14.0. The summed E-state index contributed by atoms with van der Waals surface area (Å²) in [5.74, 6) is 1.88. The van der Waals surface area contributed by atoms with Crippen LogP contribution >= 0.6 is 24.0 Å². The second-order valence-electron chi connectivity index (χ2n) is 4.37. The maximum Gasteiger partial charge on any atom is 0.191 e. The molecule has 0 saturated heterocycles. The number of rotatable bonds is 5. The highest BCUT2D eigenvalue weighted by Gasteiger charge is 2.11. The number of furan rings is 1. The molecule has 0 spiro atoms. The van der Waals surface area contributed by atoms with Gasteiger partial charge in [0.15, 0.2) is 5.96 Å². The molecule has 0 bridgehead atoms.